The molecule has 0 bridgehead atoms. The highest BCUT2D eigenvalue weighted by Gasteiger charge is 2.21. The highest BCUT2D eigenvalue weighted by molar-refractivity contribution is 6.31. The summed E-state index contributed by atoms with van der Waals surface area (Å²) in [6.07, 6.45) is 6.33. The van der Waals surface area contributed by atoms with Crippen molar-refractivity contribution in [3.05, 3.63) is 75.8 Å². The first kappa shape index (κ1) is 17.7. The first-order valence-electron chi connectivity index (χ1n) is 8.53. The molecule has 0 aromatic heterocycles. The third-order valence-corrected chi connectivity index (χ3v) is 4.97. The second-order valence-electron chi connectivity index (χ2n) is 6.20. The van der Waals surface area contributed by atoms with Crippen molar-refractivity contribution in [1.29, 1.82) is 0 Å². The van der Waals surface area contributed by atoms with Gasteiger partial charge in [0.1, 0.15) is 0 Å². The van der Waals surface area contributed by atoms with Crippen molar-refractivity contribution in [3.63, 3.8) is 0 Å². The second-order valence-corrected chi connectivity index (χ2v) is 6.61. The topological polar surface area (TPSA) is 38.3 Å². The fourth-order valence-corrected chi connectivity index (χ4v) is 3.50. The maximum absolute atomic E-state index is 11.2. The standard InChI is InChI=1S/C21H22ClNO2/c1-25-21(24)11-7-15-6-9-18-17(14-15)8-10-20(18)23-13-12-16-4-2-3-5-19(16)22/h2-7,9,11,14,20,23H,8,10,12-13H2,1H3. The third kappa shape index (κ3) is 4.50. The minimum atomic E-state index is -0.334. The molecule has 1 aliphatic rings. The molecule has 130 valence electrons. The zero-order chi connectivity index (χ0) is 17.6. The number of nitrogens with one attached hydrogen (secondary N) is 1. The number of esters is 1. The highest BCUT2D eigenvalue weighted by atomic mass is 35.5. The van der Waals surface area contributed by atoms with E-state index >= 15 is 0 Å². The number of benzene rings is 2. The number of fused-ring (bicyclic) bond motifs is 1. The van der Waals surface area contributed by atoms with Crippen molar-refractivity contribution in [1.82, 2.24) is 5.32 Å². The van der Waals surface area contributed by atoms with Crippen LogP contribution in [0, 0.1) is 0 Å². The zero-order valence-electron chi connectivity index (χ0n) is 14.3. The van der Waals surface area contributed by atoms with Gasteiger partial charge in [-0.3, -0.25) is 0 Å². The van der Waals surface area contributed by atoms with E-state index < -0.39 is 0 Å². The van der Waals surface area contributed by atoms with Crippen molar-refractivity contribution >= 4 is 23.6 Å². The lowest BCUT2D eigenvalue weighted by atomic mass is 10.0. The van der Waals surface area contributed by atoms with Gasteiger partial charge in [-0.2, -0.15) is 0 Å². The van der Waals surface area contributed by atoms with E-state index in [9.17, 15) is 4.79 Å². The summed E-state index contributed by atoms with van der Waals surface area (Å²) >= 11 is 6.21. The molecule has 1 N–H and O–H groups in total. The summed E-state index contributed by atoms with van der Waals surface area (Å²) in [5.74, 6) is -0.334. The Labute approximate surface area is 153 Å². The van der Waals surface area contributed by atoms with Gasteiger partial charge in [0.05, 0.1) is 7.11 Å². The molecule has 3 rings (SSSR count). The molecule has 0 spiro atoms. The van der Waals surface area contributed by atoms with Crippen molar-refractivity contribution in [2.75, 3.05) is 13.7 Å². The van der Waals surface area contributed by atoms with E-state index in [1.165, 1.54) is 29.9 Å². The van der Waals surface area contributed by atoms with Gasteiger partial charge < -0.3 is 10.1 Å². The van der Waals surface area contributed by atoms with Crippen LogP contribution in [0.5, 0.6) is 0 Å². The Bertz CT molecular complexity index is 785. The molecule has 1 unspecified atom stereocenters. The van der Waals surface area contributed by atoms with Gasteiger partial charge in [0.2, 0.25) is 0 Å². The number of aryl methyl sites for hydroxylation is 1. The lowest BCUT2D eigenvalue weighted by molar-refractivity contribution is -0.134. The lowest BCUT2D eigenvalue weighted by Crippen LogP contribution is -2.22. The van der Waals surface area contributed by atoms with E-state index in [1.807, 2.05) is 24.3 Å². The van der Waals surface area contributed by atoms with Gasteiger partial charge in [-0.25, -0.2) is 4.79 Å². The van der Waals surface area contributed by atoms with Crippen molar-refractivity contribution in [2.24, 2.45) is 0 Å². The molecular formula is C21H22ClNO2. The molecule has 0 amide bonds. The highest BCUT2D eigenvalue weighted by Crippen LogP contribution is 2.32. The van der Waals surface area contributed by atoms with Crippen molar-refractivity contribution in [3.8, 4) is 0 Å². The number of carbonyl (C=O) groups is 1. The summed E-state index contributed by atoms with van der Waals surface area (Å²) in [4.78, 5) is 11.2. The SMILES string of the molecule is COC(=O)C=Cc1ccc2c(c1)CCC2NCCc1ccccc1Cl. The molecule has 3 nitrogen and oxygen atoms in total. The van der Waals surface area contributed by atoms with Crippen LogP contribution in [0.2, 0.25) is 5.02 Å². The molecule has 0 fully saturated rings. The Balaban J connectivity index is 1.59. The molecule has 1 aliphatic carbocycles. The molecule has 0 saturated carbocycles. The summed E-state index contributed by atoms with van der Waals surface area (Å²) in [7, 11) is 1.38. The number of rotatable bonds is 6. The molecule has 0 aliphatic heterocycles. The quantitative estimate of drug-likeness (QED) is 0.618. The van der Waals surface area contributed by atoms with Crippen LogP contribution >= 0.6 is 11.6 Å². The van der Waals surface area contributed by atoms with Gasteiger partial charge in [-0.15, -0.1) is 0 Å². The first-order valence-corrected chi connectivity index (χ1v) is 8.91. The Morgan fingerprint density at radius 2 is 2.16 bits per heavy atom. The Kier molecular flexibility index (Phi) is 5.90. The summed E-state index contributed by atoms with van der Waals surface area (Å²) in [5.41, 5.74) is 4.91. The number of hydrogen-bond acceptors (Lipinski definition) is 3. The summed E-state index contributed by atoms with van der Waals surface area (Å²) < 4.78 is 4.63. The largest absolute Gasteiger partial charge is 0.466 e. The van der Waals surface area contributed by atoms with E-state index in [2.05, 4.69) is 28.3 Å². The molecule has 2 aromatic rings. The van der Waals surface area contributed by atoms with Crippen LogP contribution in [0.25, 0.3) is 6.08 Å². The van der Waals surface area contributed by atoms with Crippen LogP contribution in [-0.4, -0.2) is 19.6 Å². The molecule has 0 radical (unpaired) electrons. The molecule has 0 saturated heterocycles. The van der Waals surface area contributed by atoms with Gasteiger partial charge >= 0.3 is 5.97 Å². The van der Waals surface area contributed by atoms with Crippen molar-refractivity contribution in [2.45, 2.75) is 25.3 Å². The molecule has 2 aromatic carbocycles. The summed E-state index contributed by atoms with van der Waals surface area (Å²) in [6, 6.07) is 14.7. The molecule has 4 heteroatoms. The van der Waals surface area contributed by atoms with Gasteiger partial charge in [0.15, 0.2) is 0 Å². The smallest absolute Gasteiger partial charge is 0.330 e. The van der Waals surface area contributed by atoms with Gasteiger partial charge in [0, 0.05) is 17.1 Å². The summed E-state index contributed by atoms with van der Waals surface area (Å²) in [6.45, 7) is 0.901. The number of ether oxygens (including phenoxy) is 1. The van der Waals surface area contributed by atoms with E-state index in [4.69, 9.17) is 11.6 Å². The molecular weight excluding hydrogens is 334 g/mol. The summed E-state index contributed by atoms with van der Waals surface area (Å²) in [5, 5.41) is 4.47. The predicted molar refractivity (Wildman–Crippen MR) is 102 cm³/mol. The van der Waals surface area contributed by atoms with Gasteiger partial charge in [-0.1, -0.05) is 48.0 Å². The molecule has 0 heterocycles. The van der Waals surface area contributed by atoms with Gasteiger partial charge in [0.25, 0.3) is 0 Å². The lowest BCUT2D eigenvalue weighted by Gasteiger charge is -2.14. The molecule has 1 atom stereocenters. The monoisotopic (exact) mass is 355 g/mol. The number of carbonyl (C=O) groups excluding carboxylic acids is 1. The normalized spacial score (nSPS) is 16.2. The number of methoxy groups -OCH3 is 1. The van der Waals surface area contributed by atoms with E-state index in [1.54, 1.807) is 6.08 Å². The third-order valence-electron chi connectivity index (χ3n) is 4.60. The Morgan fingerprint density at radius 3 is 2.96 bits per heavy atom. The number of halogens is 1. The fraction of sp³-hybridized carbons (Fsp3) is 0.286. The van der Waals surface area contributed by atoms with Crippen LogP contribution < -0.4 is 5.32 Å². The maximum Gasteiger partial charge on any atom is 0.330 e. The van der Waals surface area contributed by atoms with Crippen LogP contribution in [0.4, 0.5) is 0 Å². The van der Waals surface area contributed by atoms with Crippen LogP contribution in [-0.2, 0) is 22.4 Å². The Morgan fingerprint density at radius 1 is 1.32 bits per heavy atom. The predicted octanol–water partition coefficient (Wildman–Crippen LogP) is 4.35. The second kappa shape index (κ2) is 8.32. The fourth-order valence-electron chi connectivity index (χ4n) is 3.27. The van der Waals surface area contributed by atoms with E-state index in [0.717, 1.165) is 36.4 Å². The average Bonchev–Trinajstić information content (AvgIpc) is 3.03. The van der Waals surface area contributed by atoms with Crippen LogP contribution in [0.15, 0.2) is 48.5 Å². The Hall–Kier alpha value is -2.10. The van der Waals surface area contributed by atoms with Crippen LogP contribution in [0.3, 0.4) is 0 Å². The van der Waals surface area contributed by atoms with Gasteiger partial charge in [-0.05, 0) is 60.2 Å². The molecule has 25 heavy (non-hydrogen) atoms. The zero-order valence-corrected chi connectivity index (χ0v) is 15.1. The van der Waals surface area contributed by atoms with Crippen LogP contribution in [0.1, 0.15) is 34.7 Å². The first-order chi connectivity index (χ1) is 12.2. The number of hydrogen-bond donors (Lipinski definition) is 1. The van der Waals surface area contributed by atoms with Crippen molar-refractivity contribution < 1.29 is 9.53 Å². The minimum Gasteiger partial charge on any atom is -0.466 e. The minimum absolute atomic E-state index is 0.334. The average molecular weight is 356 g/mol. The van der Waals surface area contributed by atoms with E-state index in [-0.39, 0.29) is 5.97 Å². The maximum atomic E-state index is 11.2. The van der Waals surface area contributed by atoms with E-state index in [0.29, 0.717) is 6.04 Å².